The summed E-state index contributed by atoms with van der Waals surface area (Å²) in [6.07, 6.45) is 1.38. The molecule has 0 fully saturated rings. The summed E-state index contributed by atoms with van der Waals surface area (Å²) in [5.74, 6) is -0.903. The highest BCUT2D eigenvalue weighted by molar-refractivity contribution is 6.01. The van der Waals surface area contributed by atoms with Gasteiger partial charge in [-0.2, -0.15) is 0 Å². The van der Waals surface area contributed by atoms with E-state index in [1.807, 2.05) is 6.92 Å². The molecule has 2 amide bonds. The van der Waals surface area contributed by atoms with Crippen molar-refractivity contribution >= 4 is 23.7 Å². The molecule has 8 nitrogen and oxygen atoms in total. The molecule has 0 aliphatic rings. The number of unbranched alkanes of at least 4 members (excludes halogenated alkanes) is 1. The van der Waals surface area contributed by atoms with Gasteiger partial charge in [0.15, 0.2) is 0 Å². The van der Waals surface area contributed by atoms with Crippen molar-refractivity contribution in [2.75, 3.05) is 12.4 Å². The molecule has 2 aromatic rings. The summed E-state index contributed by atoms with van der Waals surface area (Å²) in [6.45, 7) is 7.24. The second-order valence-electron chi connectivity index (χ2n) is 8.63. The molecule has 0 aliphatic carbocycles. The highest BCUT2D eigenvalue weighted by atomic mass is 16.6. The fourth-order valence-electron chi connectivity index (χ4n) is 3.18. The van der Waals surface area contributed by atoms with Crippen molar-refractivity contribution in [1.82, 2.24) is 5.32 Å². The standard InChI is InChI=1S/C25H32N2O6/c1-6-7-11-21(27-24(31)33-25(2,3)4)22(29)26-17-12-13-19(23(30)32-5)20(15-17)16-9-8-10-18(28)14-16/h8-10,12-15,21,28H,6-7,11H2,1-5H3,(H,26,29)(H,27,31)/t21-/m0/s1. The number of anilines is 1. The molecule has 0 saturated heterocycles. The number of phenolic OH excluding ortho intramolecular Hbond substituents is 1. The maximum atomic E-state index is 13.0. The molecule has 0 unspecified atom stereocenters. The van der Waals surface area contributed by atoms with Gasteiger partial charge in [0, 0.05) is 5.69 Å². The normalized spacial score (nSPS) is 11.9. The van der Waals surface area contributed by atoms with Crippen LogP contribution in [-0.4, -0.2) is 41.8 Å². The van der Waals surface area contributed by atoms with Gasteiger partial charge in [-0.05, 0) is 68.7 Å². The SMILES string of the molecule is CCCC[C@H](NC(=O)OC(C)(C)C)C(=O)Nc1ccc(C(=O)OC)c(-c2cccc(O)c2)c1. The van der Waals surface area contributed by atoms with Gasteiger partial charge in [0.25, 0.3) is 0 Å². The number of hydrogen-bond donors (Lipinski definition) is 3. The second kappa shape index (κ2) is 11.4. The van der Waals surface area contributed by atoms with Crippen molar-refractivity contribution in [2.45, 2.75) is 58.6 Å². The fourth-order valence-corrected chi connectivity index (χ4v) is 3.18. The van der Waals surface area contributed by atoms with Crippen LogP contribution in [-0.2, 0) is 14.3 Å². The zero-order chi connectivity index (χ0) is 24.6. The van der Waals surface area contributed by atoms with Crippen LogP contribution in [0.3, 0.4) is 0 Å². The minimum atomic E-state index is -0.788. The van der Waals surface area contributed by atoms with E-state index >= 15 is 0 Å². The molecule has 0 spiro atoms. The number of esters is 1. The first-order chi connectivity index (χ1) is 15.5. The van der Waals surface area contributed by atoms with Crippen LogP contribution in [0, 0.1) is 0 Å². The summed E-state index contributed by atoms with van der Waals surface area (Å²) in [6, 6.07) is 10.4. The largest absolute Gasteiger partial charge is 0.508 e. The van der Waals surface area contributed by atoms with E-state index < -0.39 is 29.6 Å². The minimum absolute atomic E-state index is 0.0407. The Kier molecular flexibility index (Phi) is 8.85. The lowest BCUT2D eigenvalue weighted by atomic mass is 9.98. The molecule has 1 atom stereocenters. The molecule has 8 heteroatoms. The van der Waals surface area contributed by atoms with Crippen LogP contribution in [0.4, 0.5) is 10.5 Å². The van der Waals surface area contributed by atoms with E-state index in [2.05, 4.69) is 10.6 Å². The number of carbonyl (C=O) groups is 3. The summed E-state index contributed by atoms with van der Waals surface area (Å²) in [4.78, 5) is 37.5. The number of methoxy groups -OCH3 is 1. The maximum absolute atomic E-state index is 13.0. The quantitative estimate of drug-likeness (QED) is 0.489. The molecule has 3 N–H and O–H groups in total. The molecular formula is C25H32N2O6. The Morgan fingerprint density at radius 2 is 1.82 bits per heavy atom. The van der Waals surface area contributed by atoms with Gasteiger partial charge in [-0.3, -0.25) is 4.79 Å². The average Bonchev–Trinajstić information content (AvgIpc) is 2.74. The Morgan fingerprint density at radius 1 is 1.09 bits per heavy atom. The lowest BCUT2D eigenvalue weighted by Crippen LogP contribution is -2.45. The van der Waals surface area contributed by atoms with Crippen molar-refractivity contribution in [1.29, 1.82) is 0 Å². The predicted molar refractivity (Wildman–Crippen MR) is 126 cm³/mol. The molecule has 2 rings (SSSR count). The van der Waals surface area contributed by atoms with E-state index in [4.69, 9.17) is 9.47 Å². The van der Waals surface area contributed by atoms with Gasteiger partial charge in [-0.25, -0.2) is 9.59 Å². The summed E-state index contributed by atoms with van der Waals surface area (Å²) in [5.41, 5.74) is 1.10. The van der Waals surface area contributed by atoms with Crippen molar-refractivity contribution in [2.24, 2.45) is 0 Å². The van der Waals surface area contributed by atoms with Gasteiger partial charge >= 0.3 is 12.1 Å². The number of nitrogens with one attached hydrogen (secondary N) is 2. The molecule has 0 radical (unpaired) electrons. The Balaban J connectivity index is 2.30. The number of hydrogen-bond acceptors (Lipinski definition) is 6. The predicted octanol–water partition coefficient (Wildman–Crippen LogP) is 4.87. The molecule has 178 valence electrons. The molecule has 0 aliphatic heterocycles. The first-order valence-corrected chi connectivity index (χ1v) is 10.9. The van der Waals surface area contributed by atoms with Gasteiger partial charge in [-0.1, -0.05) is 31.9 Å². The zero-order valence-corrected chi connectivity index (χ0v) is 19.7. The Hall–Kier alpha value is -3.55. The van der Waals surface area contributed by atoms with Gasteiger partial charge in [0.1, 0.15) is 17.4 Å². The van der Waals surface area contributed by atoms with Gasteiger partial charge in [-0.15, -0.1) is 0 Å². The fraction of sp³-hybridized carbons (Fsp3) is 0.400. The van der Waals surface area contributed by atoms with Crippen LogP contribution < -0.4 is 10.6 Å². The van der Waals surface area contributed by atoms with E-state index in [-0.39, 0.29) is 11.3 Å². The third-order valence-corrected chi connectivity index (χ3v) is 4.70. The topological polar surface area (TPSA) is 114 Å². The highest BCUT2D eigenvalue weighted by Crippen LogP contribution is 2.30. The van der Waals surface area contributed by atoms with E-state index in [1.54, 1.807) is 51.1 Å². The van der Waals surface area contributed by atoms with Crippen LogP contribution in [0.2, 0.25) is 0 Å². The van der Waals surface area contributed by atoms with Crippen molar-refractivity contribution in [3.63, 3.8) is 0 Å². The van der Waals surface area contributed by atoms with Crippen molar-refractivity contribution in [3.8, 4) is 16.9 Å². The summed E-state index contributed by atoms with van der Waals surface area (Å²) in [5, 5.41) is 15.3. The molecule has 0 heterocycles. The van der Waals surface area contributed by atoms with Crippen LogP contribution in [0.15, 0.2) is 42.5 Å². The number of carbonyl (C=O) groups excluding carboxylic acids is 3. The van der Waals surface area contributed by atoms with E-state index in [1.165, 1.54) is 19.2 Å². The van der Waals surface area contributed by atoms with Gasteiger partial charge in [0.2, 0.25) is 5.91 Å². The number of amides is 2. The number of aromatic hydroxyl groups is 1. The highest BCUT2D eigenvalue weighted by Gasteiger charge is 2.24. The number of benzene rings is 2. The Labute approximate surface area is 194 Å². The molecule has 0 saturated carbocycles. The molecule has 33 heavy (non-hydrogen) atoms. The summed E-state index contributed by atoms with van der Waals surface area (Å²) in [7, 11) is 1.28. The minimum Gasteiger partial charge on any atom is -0.508 e. The summed E-state index contributed by atoms with van der Waals surface area (Å²) >= 11 is 0. The average molecular weight is 457 g/mol. The van der Waals surface area contributed by atoms with Crippen LogP contribution in [0.1, 0.15) is 57.3 Å². The van der Waals surface area contributed by atoms with E-state index in [0.717, 1.165) is 12.8 Å². The maximum Gasteiger partial charge on any atom is 0.408 e. The number of alkyl carbamates (subject to hydrolysis) is 1. The lowest BCUT2D eigenvalue weighted by Gasteiger charge is -2.23. The van der Waals surface area contributed by atoms with Crippen molar-refractivity contribution in [3.05, 3.63) is 48.0 Å². The third-order valence-electron chi connectivity index (χ3n) is 4.70. The molecule has 0 bridgehead atoms. The first kappa shape index (κ1) is 25.7. The van der Waals surface area contributed by atoms with Crippen LogP contribution >= 0.6 is 0 Å². The Morgan fingerprint density at radius 3 is 2.42 bits per heavy atom. The first-order valence-electron chi connectivity index (χ1n) is 10.9. The Bertz CT molecular complexity index is 997. The summed E-state index contributed by atoms with van der Waals surface area (Å²) < 4.78 is 10.2. The second-order valence-corrected chi connectivity index (χ2v) is 8.63. The monoisotopic (exact) mass is 456 g/mol. The number of rotatable bonds is 8. The lowest BCUT2D eigenvalue weighted by molar-refractivity contribution is -0.118. The zero-order valence-electron chi connectivity index (χ0n) is 19.7. The molecular weight excluding hydrogens is 424 g/mol. The van der Waals surface area contributed by atoms with Gasteiger partial charge in [0.05, 0.1) is 12.7 Å². The third kappa shape index (κ3) is 7.82. The number of phenols is 1. The molecule has 0 aromatic heterocycles. The van der Waals surface area contributed by atoms with E-state index in [0.29, 0.717) is 23.2 Å². The molecule has 2 aromatic carbocycles. The van der Waals surface area contributed by atoms with Crippen LogP contribution in [0.5, 0.6) is 5.75 Å². The van der Waals surface area contributed by atoms with E-state index in [9.17, 15) is 19.5 Å². The van der Waals surface area contributed by atoms with Gasteiger partial charge < -0.3 is 25.2 Å². The van der Waals surface area contributed by atoms with Crippen molar-refractivity contribution < 1.29 is 29.0 Å². The number of ether oxygens (including phenoxy) is 2. The van der Waals surface area contributed by atoms with Crippen LogP contribution in [0.25, 0.3) is 11.1 Å². The smallest absolute Gasteiger partial charge is 0.408 e.